The molecule has 0 fully saturated rings. The molecule has 0 bridgehead atoms. The van der Waals surface area contributed by atoms with E-state index in [0.717, 1.165) is 22.2 Å². The molecule has 0 aliphatic heterocycles. The van der Waals surface area contributed by atoms with Crippen LogP contribution in [0.4, 0.5) is 5.69 Å². The maximum atomic E-state index is 13.2. The lowest BCUT2D eigenvalue weighted by Gasteiger charge is -2.23. The second-order valence-electron chi connectivity index (χ2n) is 6.17. The van der Waals surface area contributed by atoms with Gasteiger partial charge in [0, 0.05) is 35.1 Å². The van der Waals surface area contributed by atoms with Crippen LogP contribution in [0.25, 0.3) is 10.9 Å². The Labute approximate surface area is 155 Å². The van der Waals surface area contributed by atoms with Crippen LogP contribution in [0.15, 0.2) is 90.0 Å². The Morgan fingerprint density at radius 2 is 1.74 bits per heavy atom. The number of hydrogen-bond donors (Lipinski definition) is 1. The second kappa shape index (κ2) is 7.25. The van der Waals surface area contributed by atoms with Gasteiger partial charge in [-0.2, -0.15) is 0 Å². The highest BCUT2D eigenvalue weighted by Crippen LogP contribution is 2.23. The van der Waals surface area contributed by atoms with Crippen molar-refractivity contribution < 1.29 is 4.79 Å². The van der Waals surface area contributed by atoms with Gasteiger partial charge in [0.2, 0.25) is 5.56 Å². The maximum absolute atomic E-state index is 13.2. The van der Waals surface area contributed by atoms with E-state index in [0.29, 0.717) is 5.56 Å². The van der Waals surface area contributed by atoms with Crippen molar-refractivity contribution in [2.75, 3.05) is 4.90 Å². The van der Waals surface area contributed by atoms with E-state index in [9.17, 15) is 9.59 Å². The van der Waals surface area contributed by atoms with E-state index >= 15 is 0 Å². The Hall–Kier alpha value is -3.73. The van der Waals surface area contributed by atoms with Crippen LogP contribution in [0.5, 0.6) is 0 Å². The summed E-state index contributed by atoms with van der Waals surface area (Å²) in [4.78, 5) is 33.8. The molecule has 0 spiro atoms. The Balaban J connectivity index is 1.81. The first-order chi connectivity index (χ1) is 13.2. The summed E-state index contributed by atoms with van der Waals surface area (Å²) < 4.78 is 0. The number of fused-ring (bicyclic) bond motifs is 1. The minimum atomic E-state index is -0.189. The highest BCUT2D eigenvalue weighted by molar-refractivity contribution is 6.06. The number of carbonyl (C=O) groups is 1. The summed E-state index contributed by atoms with van der Waals surface area (Å²) >= 11 is 0. The van der Waals surface area contributed by atoms with Crippen molar-refractivity contribution in [3.05, 3.63) is 107 Å². The Kier molecular flexibility index (Phi) is 4.49. The van der Waals surface area contributed by atoms with Gasteiger partial charge in [0.15, 0.2) is 0 Å². The third kappa shape index (κ3) is 3.48. The van der Waals surface area contributed by atoms with E-state index in [-0.39, 0.29) is 18.0 Å². The third-order valence-electron chi connectivity index (χ3n) is 4.39. The summed E-state index contributed by atoms with van der Waals surface area (Å²) in [5.74, 6) is -0.168. The van der Waals surface area contributed by atoms with Crippen LogP contribution in [0.1, 0.15) is 15.9 Å². The molecule has 5 heteroatoms. The number of aromatic nitrogens is 2. The lowest BCUT2D eigenvalue weighted by molar-refractivity contribution is 0.0985. The summed E-state index contributed by atoms with van der Waals surface area (Å²) in [5.41, 5.74) is 2.61. The van der Waals surface area contributed by atoms with Gasteiger partial charge in [-0.05, 0) is 35.9 Å². The van der Waals surface area contributed by atoms with Gasteiger partial charge in [-0.3, -0.25) is 14.6 Å². The molecule has 0 aliphatic carbocycles. The fourth-order valence-corrected chi connectivity index (χ4v) is 3.11. The van der Waals surface area contributed by atoms with Gasteiger partial charge in [-0.15, -0.1) is 0 Å². The average molecular weight is 355 g/mol. The van der Waals surface area contributed by atoms with Crippen LogP contribution in [0.3, 0.4) is 0 Å². The quantitative estimate of drug-likeness (QED) is 0.606. The highest BCUT2D eigenvalue weighted by atomic mass is 16.2. The Bertz CT molecular complexity index is 1140. The molecule has 2 aromatic carbocycles. The number of para-hydroxylation sites is 2. The van der Waals surface area contributed by atoms with E-state index in [4.69, 9.17) is 0 Å². The van der Waals surface area contributed by atoms with Crippen molar-refractivity contribution in [2.45, 2.75) is 6.54 Å². The van der Waals surface area contributed by atoms with Crippen LogP contribution in [-0.2, 0) is 6.54 Å². The summed E-state index contributed by atoms with van der Waals surface area (Å²) in [6.07, 6.45) is 3.18. The lowest BCUT2D eigenvalue weighted by Crippen LogP contribution is -2.31. The molecule has 27 heavy (non-hydrogen) atoms. The Morgan fingerprint density at radius 1 is 0.963 bits per heavy atom. The molecule has 5 nitrogen and oxygen atoms in total. The summed E-state index contributed by atoms with van der Waals surface area (Å²) in [6, 6.07) is 22.0. The molecule has 0 saturated heterocycles. The van der Waals surface area contributed by atoms with Crippen molar-refractivity contribution in [2.24, 2.45) is 0 Å². The zero-order chi connectivity index (χ0) is 18.6. The van der Waals surface area contributed by atoms with E-state index in [2.05, 4.69) is 9.97 Å². The fourth-order valence-electron chi connectivity index (χ4n) is 3.11. The Morgan fingerprint density at radius 3 is 2.52 bits per heavy atom. The van der Waals surface area contributed by atoms with Crippen LogP contribution in [0.2, 0.25) is 0 Å². The highest BCUT2D eigenvalue weighted by Gasteiger charge is 2.19. The normalized spacial score (nSPS) is 10.7. The number of benzene rings is 2. The van der Waals surface area contributed by atoms with E-state index in [1.807, 2.05) is 54.6 Å². The molecule has 0 aliphatic rings. The molecule has 1 N–H and O–H groups in total. The van der Waals surface area contributed by atoms with Gasteiger partial charge in [0.05, 0.1) is 12.1 Å². The predicted molar refractivity (Wildman–Crippen MR) is 106 cm³/mol. The van der Waals surface area contributed by atoms with Gasteiger partial charge in [0.25, 0.3) is 5.91 Å². The van der Waals surface area contributed by atoms with Gasteiger partial charge < -0.3 is 9.88 Å². The van der Waals surface area contributed by atoms with E-state index in [1.165, 1.54) is 0 Å². The molecule has 0 saturated carbocycles. The predicted octanol–water partition coefficient (Wildman–Crippen LogP) is 3.77. The van der Waals surface area contributed by atoms with Crippen molar-refractivity contribution >= 4 is 22.5 Å². The van der Waals surface area contributed by atoms with Gasteiger partial charge in [0.1, 0.15) is 0 Å². The van der Waals surface area contributed by atoms with Gasteiger partial charge >= 0.3 is 0 Å². The molecule has 2 aromatic heterocycles. The van der Waals surface area contributed by atoms with Crippen LogP contribution in [0, 0.1) is 0 Å². The summed E-state index contributed by atoms with van der Waals surface area (Å²) in [7, 11) is 0. The maximum Gasteiger partial charge on any atom is 0.260 e. The fraction of sp³-hybridized carbons (Fsp3) is 0.0455. The van der Waals surface area contributed by atoms with Gasteiger partial charge in [-0.1, -0.05) is 36.4 Å². The third-order valence-corrected chi connectivity index (χ3v) is 4.39. The first kappa shape index (κ1) is 16.7. The number of aromatic amines is 1. The molecule has 1 amide bonds. The smallest absolute Gasteiger partial charge is 0.260 e. The number of amides is 1. The largest absolute Gasteiger partial charge is 0.322 e. The van der Waals surface area contributed by atoms with Crippen molar-refractivity contribution in [1.29, 1.82) is 0 Å². The molecule has 4 aromatic rings. The number of nitrogens with one attached hydrogen (secondary N) is 1. The van der Waals surface area contributed by atoms with Gasteiger partial charge in [-0.25, -0.2) is 0 Å². The van der Waals surface area contributed by atoms with Crippen LogP contribution in [-0.4, -0.2) is 15.9 Å². The minimum absolute atomic E-state index is 0.168. The number of carbonyl (C=O) groups excluding carboxylic acids is 1. The summed E-state index contributed by atoms with van der Waals surface area (Å²) in [5, 5.41) is 0.914. The molecule has 2 heterocycles. The number of rotatable bonds is 4. The molecular weight excluding hydrogens is 338 g/mol. The zero-order valence-corrected chi connectivity index (χ0v) is 14.5. The topological polar surface area (TPSA) is 66.1 Å². The number of pyridine rings is 2. The van der Waals surface area contributed by atoms with E-state index in [1.54, 1.807) is 35.5 Å². The van der Waals surface area contributed by atoms with Crippen molar-refractivity contribution in [3.8, 4) is 0 Å². The molecule has 132 valence electrons. The van der Waals surface area contributed by atoms with Crippen LogP contribution >= 0.6 is 0 Å². The number of nitrogens with zero attached hydrogens (tertiary/aromatic N) is 2. The molecule has 0 unspecified atom stereocenters. The lowest BCUT2D eigenvalue weighted by atomic mass is 10.1. The summed E-state index contributed by atoms with van der Waals surface area (Å²) in [6.45, 7) is 0.280. The number of anilines is 1. The molecule has 0 radical (unpaired) electrons. The molecule has 4 rings (SSSR count). The molecular formula is C22H17N3O2. The minimum Gasteiger partial charge on any atom is -0.322 e. The monoisotopic (exact) mass is 355 g/mol. The number of H-pyrrole nitrogens is 1. The van der Waals surface area contributed by atoms with Crippen LogP contribution < -0.4 is 10.5 Å². The number of hydrogen-bond acceptors (Lipinski definition) is 3. The second-order valence-corrected chi connectivity index (χ2v) is 6.17. The zero-order valence-electron chi connectivity index (χ0n) is 14.5. The standard InChI is InChI=1S/C22H17N3O2/c26-21-13-17(19-10-4-5-11-20(19)24-21)15-25(18-8-2-1-3-9-18)22(27)16-7-6-12-23-14-16/h1-14H,15H2,(H,24,26). The first-order valence-corrected chi connectivity index (χ1v) is 8.60. The average Bonchev–Trinajstić information content (AvgIpc) is 2.72. The SMILES string of the molecule is O=C(c1cccnc1)N(Cc1cc(=O)[nH]c2ccccc12)c1ccccc1. The van der Waals surface area contributed by atoms with E-state index < -0.39 is 0 Å². The molecule has 0 atom stereocenters. The van der Waals surface area contributed by atoms with Crippen molar-refractivity contribution in [1.82, 2.24) is 9.97 Å². The first-order valence-electron chi connectivity index (χ1n) is 8.60. The van der Waals surface area contributed by atoms with Crippen molar-refractivity contribution in [3.63, 3.8) is 0 Å².